The average molecular weight is 507 g/mol. The predicted molar refractivity (Wildman–Crippen MR) is 143 cm³/mol. The third kappa shape index (κ3) is 5.48. The molecule has 0 saturated carbocycles. The second-order valence-electron chi connectivity index (χ2n) is 11.5. The van der Waals surface area contributed by atoms with Gasteiger partial charge in [0.15, 0.2) is 5.78 Å². The molecule has 2 aliphatic rings. The fraction of sp³-hybridized carbons (Fsp3) is 0.500. The Morgan fingerprint density at radius 1 is 1.14 bits per heavy atom. The molecule has 1 aromatic carbocycles. The number of hydrogen-bond donors (Lipinski definition) is 2. The van der Waals surface area contributed by atoms with Gasteiger partial charge in [0.1, 0.15) is 18.3 Å². The van der Waals surface area contributed by atoms with Gasteiger partial charge in [0.2, 0.25) is 0 Å². The Morgan fingerprint density at radius 2 is 1.86 bits per heavy atom. The van der Waals surface area contributed by atoms with Crippen LogP contribution in [0.3, 0.4) is 0 Å². The number of aromatic nitrogens is 1. The fourth-order valence-electron chi connectivity index (χ4n) is 6.58. The highest BCUT2D eigenvalue weighted by molar-refractivity contribution is 6.71. The minimum atomic E-state index is -1.58. The lowest BCUT2D eigenvalue weighted by molar-refractivity contribution is -0.797. The number of nitrogens with zero attached hydrogens (tertiary/aromatic N) is 2. The van der Waals surface area contributed by atoms with Gasteiger partial charge in [-0.2, -0.15) is 0 Å². The van der Waals surface area contributed by atoms with E-state index in [0.717, 1.165) is 31.3 Å². The second-order valence-corrected chi connectivity index (χ2v) is 11.5. The molecule has 0 bridgehead atoms. The third-order valence-electron chi connectivity index (χ3n) is 8.31. The van der Waals surface area contributed by atoms with E-state index in [0.29, 0.717) is 22.6 Å². The number of aliphatic hydroxyl groups is 1. The van der Waals surface area contributed by atoms with Crippen LogP contribution in [0.25, 0.3) is 11.3 Å². The number of likely N-dealkylation sites (N-methyl/N-ethyl adjacent to an activating group) is 1. The number of benzene rings is 1. The van der Waals surface area contributed by atoms with Crippen LogP contribution in [0, 0.1) is 5.92 Å². The van der Waals surface area contributed by atoms with Crippen molar-refractivity contribution in [3.63, 3.8) is 0 Å². The van der Waals surface area contributed by atoms with Crippen molar-refractivity contribution >= 4 is 24.1 Å². The number of carbonyl (C=O) groups is 3. The van der Waals surface area contributed by atoms with Crippen LogP contribution in [0.5, 0.6) is 0 Å². The van der Waals surface area contributed by atoms with Gasteiger partial charge in [-0.3, -0.25) is 14.4 Å². The highest BCUT2D eigenvalue weighted by atomic mass is 16.5. The summed E-state index contributed by atoms with van der Waals surface area (Å²) in [5.74, 6) is -0.829. The van der Waals surface area contributed by atoms with Gasteiger partial charge in [0.05, 0.1) is 11.8 Å². The van der Waals surface area contributed by atoms with E-state index in [1.54, 1.807) is 12.1 Å². The standard InChI is InChI=1S/C28H38BN3O5/c1-19(2)16-22(29-14-9-15-32(29,4)18-26(35)37-29)17-25(34)27(20(3)33)31-28(36)24-13-8-12-23(30-24)21-10-6-5-7-11-21/h5-8,10-13,19-20,22,27,33H,9,14-18H2,1-4H3,(H,31,36)/t20-,22-,27+,29?,32?/m1/s1. The van der Waals surface area contributed by atoms with Crippen LogP contribution >= 0.6 is 0 Å². The number of rotatable bonds is 10. The van der Waals surface area contributed by atoms with Crippen LogP contribution in [0.15, 0.2) is 48.5 Å². The van der Waals surface area contributed by atoms with Gasteiger partial charge in [0, 0.05) is 19.2 Å². The molecule has 1 amide bonds. The van der Waals surface area contributed by atoms with Crippen molar-refractivity contribution < 1.29 is 28.5 Å². The first-order valence-electron chi connectivity index (χ1n) is 13.3. The minimum absolute atomic E-state index is 0.132. The van der Waals surface area contributed by atoms with Crippen LogP contribution in [0.1, 0.15) is 50.5 Å². The topological polar surface area (TPSA) is 106 Å². The largest absolute Gasteiger partial charge is 0.635 e. The van der Waals surface area contributed by atoms with Crippen LogP contribution < -0.4 is 5.32 Å². The van der Waals surface area contributed by atoms with Crippen molar-refractivity contribution in [1.82, 2.24) is 10.3 Å². The van der Waals surface area contributed by atoms with E-state index >= 15 is 0 Å². The molecule has 3 heterocycles. The number of aliphatic hydroxyl groups excluding tert-OH is 1. The zero-order chi connectivity index (χ0) is 26.8. The van der Waals surface area contributed by atoms with E-state index in [1.165, 1.54) is 6.92 Å². The van der Waals surface area contributed by atoms with Crippen LogP contribution in [0.2, 0.25) is 12.1 Å². The number of nitrogens with one attached hydrogen (secondary N) is 1. The molecular formula is C28H38BN3O5. The molecule has 2 saturated heterocycles. The molecule has 8 nitrogen and oxygen atoms in total. The quantitative estimate of drug-likeness (QED) is 0.478. The van der Waals surface area contributed by atoms with Crippen molar-refractivity contribution in [2.45, 2.75) is 64.3 Å². The molecule has 4 rings (SSSR count). The molecule has 37 heavy (non-hydrogen) atoms. The van der Waals surface area contributed by atoms with Crippen molar-refractivity contribution in [3.8, 4) is 11.3 Å². The summed E-state index contributed by atoms with van der Waals surface area (Å²) >= 11 is 0. The van der Waals surface area contributed by atoms with Crippen molar-refractivity contribution in [3.05, 3.63) is 54.2 Å². The van der Waals surface area contributed by atoms with Gasteiger partial charge in [-0.05, 0) is 37.8 Å². The van der Waals surface area contributed by atoms with Crippen molar-refractivity contribution in [1.29, 1.82) is 0 Å². The highest BCUT2D eigenvalue weighted by Gasteiger charge is 2.62. The zero-order valence-electron chi connectivity index (χ0n) is 22.2. The average Bonchev–Trinajstić information content (AvgIpc) is 3.30. The molecule has 1 aromatic heterocycles. The molecule has 0 radical (unpaired) electrons. The molecule has 0 spiro atoms. The Morgan fingerprint density at radius 3 is 2.54 bits per heavy atom. The maximum absolute atomic E-state index is 13.6. The smallest absolute Gasteiger partial charge is 0.390 e. The number of ketones is 1. The zero-order valence-corrected chi connectivity index (χ0v) is 22.2. The molecule has 2 aromatic rings. The highest BCUT2D eigenvalue weighted by Crippen LogP contribution is 2.49. The van der Waals surface area contributed by atoms with Crippen molar-refractivity contribution in [2.24, 2.45) is 5.92 Å². The number of pyridine rings is 1. The SMILES string of the molecule is CC(C)C[C@H](CC(=O)[C@@H](NC(=O)c1cccc(-c2ccccc2)n1)[C@@H](C)O)[B-]12CCC[N+]1(C)CC(=O)O2. The van der Waals surface area contributed by atoms with Crippen molar-refractivity contribution in [2.75, 3.05) is 20.1 Å². The molecule has 2 N–H and O–H groups in total. The number of hydrogen-bond acceptors (Lipinski definition) is 6. The van der Waals surface area contributed by atoms with E-state index in [4.69, 9.17) is 4.65 Å². The van der Waals surface area contributed by atoms with Gasteiger partial charge >= 0.3 is 12.5 Å². The first kappa shape index (κ1) is 27.0. The monoisotopic (exact) mass is 507 g/mol. The Labute approximate surface area is 219 Å². The van der Waals surface area contributed by atoms with Crippen LogP contribution in [-0.2, 0) is 14.2 Å². The van der Waals surface area contributed by atoms with E-state index in [2.05, 4.69) is 31.2 Å². The van der Waals surface area contributed by atoms with E-state index in [-0.39, 0.29) is 29.7 Å². The van der Waals surface area contributed by atoms with E-state index < -0.39 is 24.5 Å². The summed E-state index contributed by atoms with van der Waals surface area (Å²) in [5.41, 5.74) is 1.70. The molecule has 2 unspecified atom stereocenters. The first-order valence-corrected chi connectivity index (χ1v) is 13.3. The molecule has 198 valence electrons. The number of quaternary nitrogens is 1. The lowest BCUT2D eigenvalue weighted by Crippen LogP contribution is -2.62. The summed E-state index contributed by atoms with van der Waals surface area (Å²) in [6.07, 6.45) is 1.50. The molecule has 2 fully saturated rings. The summed E-state index contributed by atoms with van der Waals surface area (Å²) in [5, 5.41) is 13.2. The van der Waals surface area contributed by atoms with Gasteiger partial charge in [-0.25, -0.2) is 4.98 Å². The number of fused-ring (bicyclic) bond motifs is 1. The summed E-state index contributed by atoms with van der Waals surface area (Å²) in [4.78, 5) is 43.6. The Hall–Kier alpha value is -3.04. The molecule has 9 heteroatoms. The van der Waals surface area contributed by atoms with Crippen LogP contribution in [-0.4, -0.2) is 70.9 Å². The Bertz CT molecular complexity index is 1160. The maximum Gasteiger partial charge on any atom is 0.390 e. The molecule has 5 atom stereocenters. The molecule has 2 aliphatic heterocycles. The van der Waals surface area contributed by atoms with E-state index in [1.807, 2.05) is 36.4 Å². The lowest BCUT2D eigenvalue weighted by atomic mass is 9.37. The fourth-order valence-corrected chi connectivity index (χ4v) is 6.58. The summed E-state index contributed by atoms with van der Waals surface area (Å²) in [6, 6.07) is 13.6. The minimum Gasteiger partial charge on any atom is -0.635 e. The number of amides is 1. The summed E-state index contributed by atoms with van der Waals surface area (Å²) in [7, 11) is 2.06. The second kappa shape index (κ2) is 10.8. The Kier molecular flexibility index (Phi) is 7.85. The third-order valence-corrected chi connectivity index (χ3v) is 8.31. The lowest BCUT2D eigenvalue weighted by Gasteiger charge is -2.49. The molecule has 0 aliphatic carbocycles. The first-order chi connectivity index (χ1) is 17.5. The summed E-state index contributed by atoms with van der Waals surface area (Å²) in [6.45, 7) is 5.31. The Balaban J connectivity index is 1.54. The molecular weight excluding hydrogens is 469 g/mol. The van der Waals surface area contributed by atoms with E-state index in [9.17, 15) is 19.5 Å². The van der Waals surface area contributed by atoms with Crippen LogP contribution in [0.4, 0.5) is 0 Å². The maximum atomic E-state index is 13.6. The van der Waals surface area contributed by atoms with Gasteiger partial charge in [-0.1, -0.05) is 68.8 Å². The van der Waals surface area contributed by atoms with Gasteiger partial charge in [0.25, 0.3) is 5.91 Å². The number of carbonyl (C=O) groups excluding carboxylic acids is 3. The normalized spacial score (nSPS) is 25.3. The summed E-state index contributed by atoms with van der Waals surface area (Å²) < 4.78 is 6.62. The predicted octanol–water partition coefficient (Wildman–Crippen LogP) is 3.45. The van der Waals surface area contributed by atoms with Gasteiger partial charge in [-0.15, -0.1) is 0 Å². The van der Waals surface area contributed by atoms with Gasteiger partial charge < -0.3 is 19.5 Å². The number of Topliss-reactive ketones (excluding diaryl/α,β-unsaturated/α-hetero) is 1.